The van der Waals surface area contributed by atoms with Crippen molar-refractivity contribution in [3.63, 3.8) is 0 Å². The van der Waals surface area contributed by atoms with Gasteiger partial charge in [-0.1, -0.05) is 31.7 Å². The second kappa shape index (κ2) is 6.48. The van der Waals surface area contributed by atoms with Crippen LogP contribution in [0.1, 0.15) is 58.6 Å². The molecule has 1 aliphatic heterocycles. The van der Waals surface area contributed by atoms with Crippen molar-refractivity contribution in [2.45, 2.75) is 65.0 Å². The Morgan fingerprint density at radius 1 is 1.35 bits per heavy atom. The standard InChI is InChI=1S/C20H29N3O2S/c1-18(2,3)25-17(24)22-16-23-20(8-9-26-16)12-19(4,5)11-13-6-7-14(21)10-15(13)20/h6-7,10H,8-9,11-12,21H2,1-5H3,(H,22,23,24). The van der Waals surface area contributed by atoms with Gasteiger partial charge >= 0.3 is 6.09 Å². The van der Waals surface area contributed by atoms with E-state index in [2.05, 4.69) is 31.3 Å². The molecule has 0 saturated carbocycles. The number of nitrogen functional groups attached to an aromatic ring is 1. The fourth-order valence-electron chi connectivity index (χ4n) is 4.02. The first-order chi connectivity index (χ1) is 12.0. The molecule has 3 N–H and O–H groups in total. The highest BCUT2D eigenvalue weighted by Crippen LogP contribution is 2.51. The third-order valence-electron chi connectivity index (χ3n) is 4.75. The van der Waals surface area contributed by atoms with Crippen LogP contribution in [0, 0.1) is 5.41 Å². The number of aliphatic imine (C=N–C) groups is 1. The number of fused-ring (bicyclic) bond motifs is 2. The SMILES string of the molecule is CC1(C)Cc2ccc(N)cc2C2(CCSC(NC(=O)OC(C)(C)C)=N2)C1. The normalized spacial score (nSPS) is 24.6. The number of anilines is 1. The average molecular weight is 376 g/mol. The predicted octanol–water partition coefficient (Wildman–Crippen LogP) is 4.45. The Bertz CT molecular complexity index is 752. The smallest absolute Gasteiger partial charge is 0.413 e. The van der Waals surface area contributed by atoms with Crippen LogP contribution in [0.5, 0.6) is 0 Å². The molecule has 5 nitrogen and oxygen atoms in total. The van der Waals surface area contributed by atoms with E-state index in [0.29, 0.717) is 5.17 Å². The number of amidine groups is 1. The number of rotatable bonds is 0. The number of hydrogen-bond acceptors (Lipinski definition) is 5. The zero-order valence-electron chi connectivity index (χ0n) is 16.3. The van der Waals surface area contributed by atoms with E-state index in [1.165, 1.54) is 11.1 Å². The molecule has 1 amide bonds. The largest absolute Gasteiger partial charge is 0.444 e. The summed E-state index contributed by atoms with van der Waals surface area (Å²) in [6, 6.07) is 6.16. The number of carbonyl (C=O) groups excluding carboxylic acids is 1. The molecule has 0 radical (unpaired) electrons. The van der Waals surface area contributed by atoms with Crippen molar-refractivity contribution in [1.29, 1.82) is 0 Å². The van der Waals surface area contributed by atoms with E-state index in [1.54, 1.807) is 11.8 Å². The third-order valence-corrected chi connectivity index (χ3v) is 5.63. The van der Waals surface area contributed by atoms with Gasteiger partial charge in [-0.05, 0) is 68.7 Å². The van der Waals surface area contributed by atoms with Crippen LogP contribution in [0.3, 0.4) is 0 Å². The zero-order chi connectivity index (χ0) is 19.2. The Balaban J connectivity index is 1.95. The van der Waals surface area contributed by atoms with E-state index in [-0.39, 0.29) is 11.0 Å². The first kappa shape index (κ1) is 19.1. The van der Waals surface area contributed by atoms with E-state index in [0.717, 1.165) is 30.7 Å². The number of ether oxygens (including phenoxy) is 1. The first-order valence-electron chi connectivity index (χ1n) is 9.10. The molecular weight excluding hydrogens is 346 g/mol. The predicted molar refractivity (Wildman–Crippen MR) is 109 cm³/mol. The molecule has 1 heterocycles. The van der Waals surface area contributed by atoms with Crippen LogP contribution in [0.2, 0.25) is 0 Å². The Hall–Kier alpha value is -1.69. The van der Waals surface area contributed by atoms with Gasteiger partial charge < -0.3 is 10.5 Å². The van der Waals surface area contributed by atoms with Crippen LogP contribution in [-0.4, -0.2) is 22.6 Å². The maximum atomic E-state index is 12.2. The monoisotopic (exact) mass is 375 g/mol. The van der Waals surface area contributed by atoms with E-state index in [9.17, 15) is 4.79 Å². The number of nitrogens with one attached hydrogen (secondary N) is 1. The third kappa shape index (κ3) is 4.17. The summed E-state index contributed by atoms with van der Waals surface area (Å²) in [5.41, 5.74) is 8.64. The second-order valence-corrected chi connectivity index (χ2v) is 10.2. The summed E-state index contributed by atoms with van der Waals surface area (Å²) < 4.78 is 5.38. The Morgan fingerprint density at radius 3 is 2.77 bits per heavy atom. The molecule has 142 valence electrons. The molecule has 1 aliphatic carbocycles. The lowest BCUT2D eigenvalue weighted by atomic mass is 9.64. The van der Waals surface area contributed by atoms with Crippen LogP contribution in [0.4, 0.5) is 10.5 Å². The summed E-state index contributed by atoms with van der Waals surface area (Å²) in [4.78, 5) is 17.2. The van der Waals surface area contributed by atoms with Gasteiger partial charge in [0.1, 0.15) is 5.60 Å². The summed E-state index contributed by atoms with van der Waals surface area (Å²) >= 11 is 1.57. The molecule has 3 rings (SSSR count). The molecule has 0 saturated heterocycles. The van der Waals surface area contributed by atoms with E-state index in [4.69, 9.17) is 15.5 Å². The van der Waals surface area contributed by atoms with Gasteiger partial charge in [-0.3, -0.25) is 10.3 Å². The van der Waals surface area contributed by atoms with Crippen LogP contribution >= 0.6 is 11.8 Å². The highest BCUT2D eigenvalue weighted by Gasteiger charge is 2.45. The molecule has 1 atom stereocenters. The molecule has 1 unspecified atom stereocenters. The van der Waals surface area contributed by atoms with E-state index < -0.39 is 11.7 Å². The zero-order valence-corrected chi connectivity index (χ0v) is 17.1. The van der Waals surface area contributed by atoms with Crippen LogP contribution in [0.15, 0.2) is 23.2 Å². The number of amides is 1. The molecule has 0 fully saturated rings. The minimum atomic E-state index is -0.532. The van der Waals surface area contributed by atoms with Crippen molar-refractivity contribution >= 4 is 28.7 Å². The van der Waals surface area contributed by atoms with Gasteiger partial charge in [0.2, 0.25) is 0 Å². The van der Waals surface area contributed by atoms with Gasteiger partial charge in [-0.2, -0.15) is 0 Å². The fraction of sp³-hybridized carbons (Fsp3) is 0.600. The maximum absolute atomic E-state index is 12.2. The molecule has 1 aromatic carbocycles. The highest BCUT2D eigenvalue weighted by atomic mass is 32.2. The number of benzene rings is 1. The molecular formula is C20H29N3O2S. The van der Waals surface area contributed by atoms with Crippen molar-refractivity contribution < 1.29 is 9.53 Å². The van der Waals surface area contributed by atoms with Gasteiger partial charge in [0, 0.05) is 11.4 Å². The van der Waals surface area contributed by atoms with Crippen molar-refractivity contribution in [2.24, 2.45) is 10.4 Å². The Morgan fingerprint density at radius 2 is 2.08 bits per heavy atom. The lowest BCUT2D eigenvalue weighted by Crippen LogP contribution is -2.43. The number of nitrogens with zero attached hydrogens (tertiary/aromatic N) is 1. The molecule has 2 aliphatic rings. The van der Waals surface area contributed by atoms with Gasteiger partial charge in [-0.25, -0.2) is 4.79 Å². The number of nitrogens with two attached hydrogens (primary N) is 1. The summed E-state index contributed by atoms with van der Waals surface area (Å²) in [5, 5.41) is 3.48. The van der Waals surface area contributed by atoms with Gasteiger partial charge in [0.15, 0.2) is 5.17 Å². The van der Waals surface area contributed by atoms with Crippen LogP contribution in [-0.2, 0) is 16.7 Å². The minimum absolute atomic E-state index is 0.144. The summed E-state index contributed by atoms with van der Waals surface area (Å²) in [7, 11) is 0. The Kier molecular flexibility index (Phi) is 4.76. The lowest BCUT2D eigenvalue weighted by Gasteiger charge is -2.45. The Labute approximate surface area is 160 Å². The topological polar surface area (TPSA) is 76.7 Å². The van der Waals surface area contributed by atoms with Crippen molar-refractivity contribution in [3.05, 3.63) is 29.3 Å². The lowest BCUT2D eigenvalue weighted by molar-refractivity contribution is 0.0564. The number of thioether (sulfide) groups is 1. The van der Waals surface area contributed by atoms with Crippen LogP contribution < -0.4 is 11.1 Å². The molecule has 1 aromatic rings. The number of carbonyl (C=O) groups is 1. The first-order valence-corrected chi connectivity index (χ1v) is 10.1. The van der Waals surface area contributed by atoms with E-state index >= 15 is 0 Å². The molecule has 0 bridgehead atoms. The van der Waals surface area contributed by atoms with Crippen molar-refractivity contribution in [1.82, 2.24) is 5.32 Å². The molecule has 1 spiro atoms. The van der Waals surface area contributed by atoms with E-state index in [1.807, 2.05) is 26.8 Å². The average Bonchev–Trinajstić information content (AvgIpc) is 2.45. The highest BCUT2D eigenvalue weighted by molar-refractivity contribution is 8.13. The summed E-state index contributed by atoms with van der Waals surface area (Å²) in [6.07, 6.45) is 2.44. The summed E-state index contributed by atoms with van der Waals surface area (Å²) in [5.74, 6) is 0.902. The molecule has 0 aromatic heterocycles. The summed E-state index contributed by atoms with van der Waals surface area (Å²) in [6.45, 7) is 10.1. The minimum Gasteiger partial charge on any atom is -0.444 e. The molecule has 26 heavy (non-hydrogen) atoms. The fourth-order valence-corrected chi connectivity index (χ4v) is 5.05. The van der Waals surface area contributed by atoms with Crippen molar-refractivity contribution in [3.8, 4) is 0 Å². The maximum Gasteiger partial charge on any atom is 0.413 e. The number of hydrogen-bond donors (Lipinski definition) is 2. The quantitative estimate of drug-likeness (QED) is 0.657. The second-order valence-electron chi connectivity index (χ2n) is 9.11. The van der Waals surface area contributed by atoms with Gasteiger partial charge in [0.05, 0.1) is 5.54 Å². The molecule has 6 heteroatoms. The van der Waals surface area contributed by atoms with Gasteiger partial charge in [0.25, 0.3) is 0 Å². The van der Waals surface area contributed by atoms with Gasteiger partial charge in [-0.15, -0.1) is 0 Å². The number of alkyl carbamates (subject to hydrolysis) is 1. The van der Waals surface area contributed by atoms with Crippen molar-refractivity contribution in [2.75, 3.05) is 11.5 Å². The van der Waals surface area contributed by atoms with Crippen LogP contribution in [0.25, 0.3) is 0 Å².